The lowest BCUT2D eigenvalue weighted by molar-refractivity contribution is -0.140. The van der Waals surface area contributed by atoms with Gasteiger partial charge in [-0.15, -0.1) is 13.0 Å². The third kappa shape index (κ3) is 8.89. The minimum absolute atomic E-state index is 0.0668. The number of ether oxygens (including phenoxy) is 1. The zero-order valence-electron chi connectivity index (χ0n) is 24.0. The molecule has 0 aliphatic heterocycles. The van der Waals surface area contributed by atoms with Gasteiger partial charge in [0.05, 0.1) is 0 Å². The third-order valence-corrected chi connectivity index (χ3v) is 6.82. The SMILES string of the molecule is C#Cc1ccc(C(C(=O)Nc2ccc3ccccc3c2)N(CC=C)C(=O)C(CCSC)NC(=O)OC(C)(C)C)cc1. The lowest BCUT2D eigenvalue weighted by atomic mass is 10.0. The number of alkyl carbamates (subject to hydrolysis) is 1. The van der Waals surface area contributed by atoms with Gasteiger partial charge in [0.15, 0.2) is 0 Å². The van der Waals surface area contributed by atoms with Crippen molar-refractivity contribution >= 4 is 46.1 Å². The maximum absolute atomic E-state index is 14.1. The summed E-state index contributed by atoms with van der Waals surface area (Å²) in [6.45, 7) is 9.15. The fourth-order valence-corrected chi connectivity index (χ4v) is 4.79. The summed E-state index contributed by atoms with van der Waals surface area (Å²) in [6.07, 6.45) is 8.68. The molecule has 2 atom stereocenters. The van der Waals surface area contributed by atoms with E-state index in [9.17, 15) is 14.4 Å². The minimum atomic E-state index is -1.03. The van der Waals surface area contributed by atoms with Crippen molar-refractivity contribution in [1.29, 1.82) is 0 Å². The number of carbonyl (C=O) groups is 3. The molecule has 3 rings (SSSR count). The molecule has 7 nitrogen and oxygen atoms in total. The van der Waals surface area contributed by atoms with E-state index in [1.807, 2.05) is 48.7 Å². The van der Waals surface area contributed by atoms with Crippen LogP contribution in [-0.2, 0) is 14.3 Å². The Balaban J connectivity index is 2.00. The monoisotopic (exact) mass is 571 g/mol. The molecule has 3 amide bonds. The lowest BCUT2D eigenvalue weighted by Crippen LogP contribution is -2.52. The maximum Gasteiger partial charge on any atom is 0.408 e. The molecule has 0 aromatic heterocycles. The summed E-state index contributed by atoms with van der Waals surface area (Å²) in [5, 5.41) is 7.72. The van der Waals surface area contributed by atoms with Crippen molar-refractivity contribution in [3.8, 4) is 12.3 Å². The maximum atomic E-state index is 14.1. The van der Waals surface area contributed by atoms with E-state index in [0.29, 0.717) is 29.0 Å². The summed E-state index contributed by atoms with van der Waals surface area (Å²) in [7, 11) is 0. The molecule has 41 heavy (non-hydrogen) atoms. The van der Waals surface area contributed by atoms with Gasteiger partial charge in [-0.3, -0.25) is 9.59 Å². The number of hydrogen-bond acceptors (Lipinski definition) is 5. The van der Waals surface area contributed by atoms with Crippen molar-refractivity contribution in [1.82, 2.24) is 10.2 Å². The number of nitrogens with one attached hydrogen (secondary N) is 2. The Labute approximate surface area is 246 Å². The van der Waals surface area contributed by atoms with E-state index in [-0.39, 0.29) is 6.54 Å². The number of benzene rings is 3. The zero-order valence-corrected chi connectivity index (χ0v) is 24.8. The molecule has 0 saturated heterocycles. The van der Waals surface area contributed by atoms with Crippen molar-refractivity contribution in [3.63, 3.8) is 0 Å². The van der Waals surface area contributed by atoms with E-state index < -0.39 is 35.6 Å². The minimum Gasteiger partial charge on any atom is -0.444 e. The highest BCUT2D eigenvalue weighted by atomic mass is 32.2. The summed E-state index contributed by atoms with van der Waals surface area (Å²) >= 11 is 1.55. The average Bonchev–Trinajstić information content (AvgIpc) is 2.94. The molecule has 0 saturated carbocycles. The van der Waals surface area contributed by atoms with Crippen LogP contribution in [0.3, 0.4) is 0 Å². The second kappa shape index (κ2) is 14.4. The molecule has 2 N–H and O–H groups in total. The average molecular weight is 572 g/mol. The number of fused-ring (bicyclic) bond motifs is 1. The summed E-state index contributed by atoms with van der Waals surface area (Å²) in [5.41, 5.74) is 1.07. The Bertz CT molecular complexity index is 1420. The Hall–Kier alpha value is -4.22. The van der Waals surface area contributed by atoms with Crippen molar-refractivity contribution in [3.05, 3.63) is 90.5 Å². The molecule has 214 valence electrons. The third-order valence-electron chi connectivity index (χ3n) is 6.18. The number of nitrogens with zero attached hydrogens (tertiary/aromatic N) is 1. The van der Waals surface area contributed by atoms with Crippen LogP contribution in [0.25, 0.3) is 10.8 Å². The van der Waals surface area contributed by atoms with Crippen molar-refractivity contribution in [2.45, 2.75) is 44.9 Å². The van der Waals surface area contributed by atoms with E-state index >= 15 is 0 Å². The largest absolute Gasteiger partial charge is 0.444 e. The van der Waals surface area contributed by atoms with Crippen molar-refractivity contribution < 1.29 is 19.1 Å². The van der Waals surface area contributed by atoms with E-state index in [4.69, 9.17) is 11.2 Å². The molecule has 2 unspecified atom stereocenters. The number of thioether (sulfide) groups is 1. The van der Waals surface area contributed by atoms with E-state index in [1.165, 1.54) is 4.90 Å². The highest BCUT2D eigenvalue weighted by Gasteiger charge is 2.35. The zero-order chi connectivity index (χ0) is 30.0. The molecule has 0 bridgehead atoms. The standard InChI is InChI=1S/C33H37N3O4S/c1-7-20-36(31(38)28(19-21-41-6)35-32(39)40-33(3,4)5)29(25-15-13-23(8-2)14-16-25)30(37)34-27-18-17-24-11-9-10-12-26(24)22-27/h2,7,9-18,22,28-29H,1,19-21H2,3-6H3,(H,34,37)(H,35,39). The quantitative estimate of drug-likeness (QED) is 0.213. The van der Waals surface area contributed by atoms with Gasteiger partial charge in [0.2, 0.25) is 5.91 Å². The smallest absolute Gasteiger partial charge is 0.408 e. The van der Waals surface area contributed by atoms with Crippen LogP contribution in [0.4, 0.5) is 10.5 Å². The summed E-state index contributed by atoms with van der Waals surface area (Å²) in [6, 6.07) is 18.5. The van der Waals surface area contributed by atoms with E-state index in [0.717, 1.165) is 10.8 Å². The lowest BCUT2D eigenvalue weighted by Gasteiger charge is -2.34. The van der Waals surface area contributed by atoms with Crippen LogP contribution < -0.4 is 10.6 Å². The van der Waals surface area contributed by atoms with Crippen molar-refractivity contribution in [2.24, 2.45) is 0 Å². The number of anilines is 1. The summed E-state index contributed by atoms with van der Waals surface area (Å²) in [5.74, 6) is 2.35. The molecule has 0 heterocycles. The van der Waals surface area contributed by atoms with Crippen LogP contribution >= 0.6 is 11.8 Å². The first kappa shape index (κ1) is 31.3. The number of amides is 3. The Morgan fingerprint density at radius 2 is 1.76 bits per heavy atom. The Morgan fingerprint density at radius 1 is 1.07 bits per heavy atom. The van der Waals surface area contributed by atoms with E-state index in [1.54, 1.807) is 62.9 Å². The van der Waals surface area contributed by atoms with Gasteiger partial charge < -0.3 is 20.3 Å². The number of terminal acetylenes is 1. The van der Waals surface area contributed by atoms with Crippen LogP contribution in [0, 0.1) is 12.3 Å². The molecule has 0 fully saturated rings. The molecule has 0 radical (unpaired) electrons. The Morgan fingerprint density at radius 3 is 2.37 bits per heavy atom. The van der Waals surface area contributed by atoms with Crippen molar-refractivity contribution in [2.75, 3.05) is 23.9 Å². The predicted molar refractivity (Wildman–Crippen MR) is 168 cm³/mol. The number of carbonyl (C=O) groups excluding carboxylic acids is 3. The molecule has 8 heteroatoms. The first-order valence-electron chi connectivity index (χ1n) is 13.3. The fourth-order valence-electron chi connectivity index (χ4n) is 4.32. The normalized spacial score (nSPS) is 12.5. The Kier molecular flexibility index (Phi) is 11.0. The molecule has 3 aromatic carbocycles. The predicted octanol–water partition coefficient (Wildman–Crippen LogP) is 6.16. The van der Waals surface area contributed by atoms with Crippen LogP contribution in [0.5, 0.6) is 0 Å². The molecular weight excluding hydrogens is 534 g/mol. The topological polar surface area (TPSA) is 87.7 Å². The molecule has 0 spiro atoms. The molecule has 0 aliphatic carbocycles. The summed E-state index contributed by atoms with van der Waals surface area (Å²) in [4.78, 5) is 42.2. The summed E-state index contributed by atoms with van der Waals surface area (Å²) < 4.78 is 5.42. The molecular formula is C33H37N3O4S. The second-order valence-electron chi connectivity index (χ2n) is 10.5. The van der Waals surface area contributed by atoms with Gasteiger partial charge in [0, 0.05) is 17.8 Å². The van der Waals surface area contributed by atoms with E-state index in [2.05, 4.69) is 23.1 Å². The first-order chi connectivity index (χ1) is 19.6. The number of hydrogen-bond donors (Lipinski definition) is 2. The number of rotatable bonds is 11. The molecule has 3 aromatic rings. The van der Waals surface area contributed by atoms with Gasteiger partial charge in [-0.25, -0.2) is 4.79 Å². The first-order valence-corrected chi connectivity index (χ1v) is 14.7. The van der Waals surface area contributed by atoms with Crippen LogP contribution in [0.15, 0.2) is 79.4 Å². The van der Waals surface area contributed by atoms with Crippen LogP contribution in [-0.4, -0.2) is 53.0 Å². The van der Waals surface area contributed by atoms with Gasteiger partial charge >= 0.3 is 6.09 Å². The highest BCUT2D eigenvalue weighted by molar-refractivity contribution is 7.98. The molecule has 0 aliphatic rings. The van der Waals surface area contributed by atoms with Gasteiger partial charge in [0.25, 0.3) is 5.91 Å². The van der Waals surface area contributed by atoms with Crippen LogP contribution in [0.1, 0.15) is 44.4 Å². The highest BCUT2D eigenvalue weighted by Crippen LogP contribution is 2.27. The van der Waals surface area contributed by atoms with Gasteiger partial charge in [-0.2, -0.15) is 11.8 Å². The van der Waals surface area contributed by atoms with Gasteiger partial charge in [-0.05, 0) is 79.8 Å². The van der Waals surface area contributed by atoms with Crippen LogP contribution in [0.2, 0.25) is 0 Å². The second-order valence-corrected chi connectivity index (χ2v) is 11.5. The fraction of sp³-hybridized carbons (Fsp3) is 0.303. The van der Waals surface area contributed by atoms with Gasteiger partial charge in [0.1, 0.15) is 17.7 Å². The van der Waals surface area contributed by atoms with Gasteiger partial charge in [-0.1, -0.05) is 54.5 Å².